The molecular formula is C46H48N5O9S. The van der Waals surface area contributed by atoms with E-state index in [1.54, 1.807) is 86.3 Å². The fourth-order valence-electron chi connectivity index (χ4n) is 8.40. The van der Waals surface area contributed by atoms with Crippen LogP contribution in [0.1, 0.15) is 52.8 Å². The lowest BCUT2D eigenvalue weighted by atomic mass is 10.0. The van der Waals surface area contributed by atoms with E-state index in [4.69, 9.17) is 4.74 Å². The largest absolute Gasteiger partial charge is 0.380 e. The standard InChI is InChI=1S/C46H48N5O9S/c52-41(47-21-25-49(26-22-47)43(54)45(56)17-18-45)34-12-8-32(9-13-34)36-4-3-5-37(30-36)51(61(58,59)38-16-29-60-31-38)40-7-2-1-6-39(40)33-10-14-35(15-11-33)42(53)48-23-27-50(28-24-48)44(55)46(57)19-20-46/h2-15,30,38,56-57H,16-29,31H2. The zero-order valence-corrected chi connectivity index (χ0v) is 34.6. The molecule has 3 heterocycles. The number of nitrogens with zero attached hydrogens (tertiary/aromatic N) is 5. The predicted octanol–water partition coefficient (Wildman–Crippen LogP) is 3.70. The lowest BCUT2D eigenvalue weighted by Gasteiger charge is -2.35. The molecule has 0 bridgehead atoms. The van der Waals surface area contributed by atoms with Crippen molar-refractivity contribution in [1.29, 1.82) is 0 Å². The second-order valence-electron chi connectivity index (χ2n) is 16.7. The molecule has 3 aliphatic heterocycles. The highest BCUT2D eigenvalue weighted by molar-refractivity contribution is 7.93. The summed E-state index contributed by atoms with van der Waals surface area (Å²) in [6, 6.07) is 29.7. The number of hydrogen-bond acceptors (Lipinski definition) is 9. The summed E-state index contributed by atoms with van der Waals surface area (Å²) in [7, 11) is -4.03. The van der Waals surface area contributed by atoms with Gasteiger partial charge < -0.3 is 34.5 Å². The molecule has 61 heavy (non-hydrogen) atoms. The van der Waals surface area contributed by atoms with E-state index in [2.05, 4.69) is 6.07 Å². The van der Waals surface area contributed by atoms with Gasteiger partial charge in [0.1, 0.15) is 16.5 Å². The zero-order valence-electron chi connectivity index (χ0n) is 33.7. The van der Waals surface area contributed by atoms with Gasteiger partial charge >= 0.3 is 0 Å². The molecule has 2 aliphatic carbocycles. The number of aliphatic hydroxyl groups is 2. The molecule has 1 radical (unpaired) electrons. The molecule has 2 N–H and O–H groups in total. The molecule has 9 rings (SSSR count). The van der Waals surface area contributed by atoms with Crippen molar-refractivity contribution in [2.75, 3.05) is 69.9 Å². The Bertz CT molecular complexity index is 2450. The van der Waals surface area contributed by atoms with Crippen molar-refractivity contribution < 1.29 is 42.5 Å². The summed E-state index contributed by atoms with van der Waals surface area (Å²) < 4.78 is 36.3. The highest BCUT2D eigenvalue weighted by Gasteiger charge is 2.51. The van der Waals surface area contributed by atoms with Crippen molar-refractivity contribution in [3.8, 4) is 22.3 Å². The summed E-state index contributed by atoms with van der Waals surface area (Å²) >= 11 is 0. The average Bonchev–Trinajstić information content (AvgIpc) is 4.17. The van der Waals surface area contributed by atoms with Gasteiger partial charge in [0.25, 0.3) is 23.6 Å². The molecule has 4 aromatic rings. The van der Waals surface area contributed by atoms with E-state index in [1.165, 1.54) is 4.31 Å². The quantitative estimate of drug-likeness (QED) is 0.242. The van der Waals surface area contributed by atoms with Gasteiger partial charge in [-0.25, -0.2) is 12.7 Å². The zero-order chi connectivity index (χ0) is 42.5. The Morgan fingerprint density at radius 3 is 1.66 bits per heavy atom. The van der Waals surface area contributed by atoms with Crippen molar-refractivity contribution in [2.24, 2.45) is 0 Å². The molecule has 1 unspecified atom stereocenters. The van der Waals surface area contributed by atoms with Crippen LogP contribution in [0.25, 0.3) is 22.3 Å². The fourth-order valence-corrected chi connectivity index (χ4v) is 10.2. The number of piperazine rings is 2. The van der Waals surface area contributed by atoms with Crippen molar-refractivity contribution in [3.63, 3.8) is 0 Å². The van der Waals surface area contributed by atoms with Crippen LogP contribution in [-0.2, 0) is 24.3 Å². The third-order valence-corrected chi connectivity index (χ3v) is 14.7. The van der Waals surface area contributed by atoms with Gasteiger partial charge in [-0.15, -0.1) is 0 Å². The van der Waals surface area contributed by atoms with Gasteiger partial charge in [0.15, 0.2) is 0 Å². The van der Waals surface area contributed by atoms with E-state index in [0.29, 0.717) is 125 Å². The predicted molar refractivity (Wildman–Crippen MR) is 226 cm³/mol. The highest BCUT2D eigenvalue weighted by Crippen LogP contribution is 2.41. The second kappa shape index (κ2) is 16.0. The Morgan fingerprint density at radius 1 is 0.656 bits per heavy atom. The summed E-state index contributed by atoms with van der Waals surface area (Å²) in [6.45, 7) is 3.30. The van der Waals surface area contributed by atoms with Crippen LogP contribution in [0.4, 0.5) is 11.4 Å². The van der Waals surface area contributed by atoms with Gasteiger partial charge in [-0.1, -0.05) is 42.5 Å². The number of rotatable bonds is 10. The molecular weight excluding hydrogens is 799 g/mol. The van der Waals surface area contributed by atoms with Gasteiger partial charge in [0, 0.05) is 75.7 Å². The first-order valence-electron chi connectivity index (χ1n) is 20.9. The average molecular weight is 847 g/mol. The number of ether oxygens (including phenoxy) is 1. The van der Waals surface area contributed by atoms with Gasteiger partial charge in [0.2, 0.25) is 10.0 Å². The van der Waals surface area contributed by atoms with Crippen LogP contribution in [0, 0.1) is 6.07 Å². The molecule has 0 spiro atoms. The van der Waals surface area contributed by atoms with E-state index in [0.717, 1.165) is 11.1 Å². The topological polar surface area (TPSA) is 168 Å². The molecule has 4 aromatic carbocycles. The van der Waals surface area contributed by atoms with Gasteiger partial charge in [-0.05, 0) is 103 Å². The van der Waals surface area contributed by atoms with E-state index in [-0.39, 0.29) is 30.2 Å². The lowest BCUT2D eigenvalue weighted by Crippen LogP contribution is -2.53. The summed E-state index contributed by atoms with van der Waals surface area (Å²) in [5.41, 5.74) is 2.11. The Balaban J connectivity index is 0.943. The molecule has 5 aliphatic rings. The number of sulfonamides is 1. The van der Waals surface area contributed by atoms with E-state index < -0.39 is 26.5 Å². The molecule has 5 fully saturated rings. The minimum atomic E-state index is -4.03. The minimum absolute atomic E-state index is 0.0655. The maximum absolute atomic E-state index is 14.7. The number of carbonyl (C=O) groups is 4. The van der Waals surface area contributed by atoms with Crippen LogP contribution in [0.5, 0.6) is 0 Å². The first kappa shape index (κ1) is 40.8. The Kier molecular flexibility index (Phi) is 10.7. The molecule has 317 valence electrons. The third-order valence-electron chi connectivity index (χ3n) is 12.6. The van der Waals surface area contributed by atoms with Crippen LogP contribution >= 0.6 is 0 Å². The maximum Gasteiger partial charge on any atom is 0.254 e. The molecule has 4 amide bonds. The summed E-state index contributed by atoms with van der Waals surface area (Å²) in [5, 5.41) is 19.7. The Morgan fingerprint density at radius 2 is 1.16 bits per heavy atom. The first-order chi connectivity index (χ1) is 29.3. The van der Waals surface area contributed by atoms with Gasteiger partial charge in [0.05, 0.1) is 18.0 Å². The van der Waals surface area contributed by atoms with E-state index in [9.17, 15) is 37.8 Å². The Hall–Kier alpha value is -5.61. The van der Waals surface area contributed by atoms with Crippen molar-refractivity contribution in [1.82, 2.24) is 19.6 Å². The Labute approximate surface area is 355 Å². The fraction of sp³-hybridized carbons (Fsp3) is 0.391. The normalized spacial score (nSPS) is 20.6. The van der Waals surface area contributed by atoms with Crippen LogP contribution in [-0.4, -0.2) is 144 Å². The van der Waals surface area contributed by atoms with Crippen LogP contribution in [0.2, 0.25) is 0 Å². The number of anilines is 2. The van der Waals surface area contributed by atoms with Crippen molar-refractivity contribution in [2.45, 2.75) is 48.6 Å². The minimum Gasteiger partial charge on any atom is -0.380 e. The van der Waals surface area contributed by atoms with Crippen molar-refractivity contribution >= 4 is 45.0 Å². The summed E-state index contributed by atoms with van der Waals surface area (Å²) in [6.07, 6.45) is 2.25. The summed E-state index contributed by atoms with van der Waals surface area (Å²) in [4.78, 5) is 58.8. The maximum atomic E-state index is 14.7. The molecule has 15 heteroatoms. The third kappa shape index (κ3) is 8.03. The molecule has 0 aromatic heterocycles. The van der Waals surface area contributed by atoms with Gasteiger partial charge in [-0.2, -0.15) is 0 Å². The second-order valence-corrected chi connectivity index (χ2v) is 18.7. The number of amides is 4. The molecule has 3 saturated heterocycles. The van der Waals surface area contributed by atoms with Crippen LogP contribution in [0.3, 0.4) is 0 Å². The van der Waals surface area contributed by atoms with E-state index in [1.807, 2.05) is 24.3 Å². The summed E-state index contributed by atoms with van der Waals surface area (Å²) in [5.74, 6) is -0.851. The number of carbonyl (C=O) groups excluding carboxylic acids is 4. The SMILES string of the molecule is O=C(c1ccc(-c2cccc(N(c3cc[c]cc3-c3ccc(C(=O)N4CCN(C(=O)C5(O)CC5)CC4)cc3)S(=O)(=O)C3CCOC3)c2)cc1)N1CCN(C(=O)C2(O)CC2)CC1. The van der Waals surface area contributed by atoms with Gasteiger partial charge in [-0.3, -0.25) is 19.2 Å². The monoisotopic (exact) mass is 846 g/mol. The number of hydrogen-bond donors (Lipinski definition) is 2. The highest BCUT2D eigenvalue weighted by atomic mass is 32.2. The van der Waals surface area contributed by atoms with Crippen molar-refractivity contribution in [3.05, 3.63) is 108 Å². The molecule has 1 atom stereocenters. The first-order valence-corrected chi connectivity index (χ1v) is 22.4. The van der Waals surface area contributed by atoms with Crippen LogP contribution in [0.15, 0.2) is 91.0 Å². The molecule has 2 saturated carbocycles. The lowest BCUT2D eigenvalue weighted by molar-refractivity contribution is -0.144. The van der Waals surface area contributed by atoms with E-state index >= 15 is 0 Å². The van der Waals surface area contributed by atoms with Crippen LogP contribution < -0.4 is 4.31 Å². The number of benzene rings is 4. The smallest absolute Gasteiger partial charge is 0.254 e. The molecule has 14 nitrogen and oxygen atoms in total.